The number of rotatable bonds is 4. The number of carbonyl (C=O) groups is 1. The SMILES string of the molecule is CNCC1CCCN1C(=O)c1cnn(-c2ccc(Br)cc2)c1. The number of likely N-dealkylation sites (N-methyl/N-ethyl adjacent to an activating group) is 1. The highest BCUT2D eigenvalue weighted by molar-refractivity contribution is 9.10. The molecule has 1 N–H and O–H groups in total. The van der Waals surface area contributed by atoms with Crippen molar-refractivity contribution in [1.82, 2.24) is 20.0 Å². The predicted octanol–water partition coefficient (Wildman–Crippen LogP) is 2.46. The minimum absolute atomic E-state index is 0.0705. The van der Waals surface area contributed by atoms with Gasteiger partial charge in [0, 0.05) is 29.8 Å². The molecule has 0 saturated carbocycles. The summed E-state index contributed by atoms with van der Waals surface area (Å²) in [4.78, 5) is 14.6. The predicted molar refractivity (Wildman–Crippen MR) is 89.2 cm³/mol. The van der Waals surface area contributed by atoms with Crippen LogP contribution in [0.1, 0.15) is 23.2 Å². The average molecular weight is 363 g/mol. The van der Waals surface area contributed by atoms with Gasteiger partial charge in [-0.1, -0.05) is 15.9 Å². The van der Waals surface area contributed by atoms with Crippen LogP contribution in [0, 0.1) is 0 Å². The van der Waals surface area contributed by atoms with Crippen LogP contribution in [0.25, 0.3) is 5.69 Å². The molecule has 0 bridgehead atoms. The first-order chi connectivity index (χ1) is 10.7. The molecule has 5 nitrogen and oxygen atoms in total. The molecular formula is C16H19BrN4O. The van der Waals surface area contributed by atoms with Gasteiger partial charge in [0.1, 0.15) is 0 Å². The first-order valence-corrected chi connectivity index (χ1v) is 8.24. The lowest BCUT2D eigenvalue weighted by atomic mass is 10.2. The summed E-state index contributed by atoms with van der Waals surface area (Å²) >= 11 is 3.42. The molecule has 116 valence electrons. The third-order valence-electron chi connectivity index (χ3n) is 4.00. The van der Waals surface area contributed by atoms with E-state index in [4.69, 9.17) is 0 Å². The molecule has 2 aromatic rings. The minimum atomic E-state index is 0.0705. The van der Waals surface area contributed by atoms with Gasteiger partial charge in [-0.3, -0.25) is 4.79 Å². The number of benzene rings is 1. The van der Waals surface area contributed by atoms with Crippen molar-refractivity contribution < 1.29 is 4.79 Å². The van der Waals surface area contributed by atoms with E-state index in [2.05, 4.69) is 26.3 Å². The monoisotopic (exact) mass is 362 g/mol. The van der Waals surface area contributed by atoms with Crippen LogP contribution in [0.4, 0.5) is 0 Å². The fourth-order valence-corrected chi connectivity index (χ4v) is 3.15. The standard InChI is InChI=1S/C16H19BrN4O/c1-18-10-15-3-2-8-20(15)16(22)12-9-19-21(11-12)14-6-4-13(17)5-7-14/h4-7,9,11,15,18H,2-3,8,10H2,1H3. The maximum atomic E-state index is 12.7. The number of hydrogen-bond acceptors (Lipinski definition) is 3. The number of aromatic nitrogens is 2. The van der Waals surface area contributed by atoms with E-state index in [1.54, 1.807) is 17.1 Å². The van der Waals surface area contributed by atoms with E-state index in [1.807, 2.05) is 36.2 Å². The van der Waals surface area contributed by atoms with Crippen molar-refractivity contribution in [2.45, 2.75) is 18.9 Å². The van der Waals surface area contributed by atoms with Crippen molar-refractivity contribution in [1.29, 1.82) is 0 Å². The summed E-state index contributed by atoms with van der Waals surface area (Å²) in [7, 11) is 1.92. The van der Waals surface area contributed by atoms with Crippen molar-refractivity contribution in [2.75, 3.05) is 20.1 Å². The van der Waals surface area contributed by atoms with Gasteiger partial charge in [-0.05, 0) is 44.2 Å². The quantitative estimate of drug-likeness (QED) is 0.908. The Bertz CT molecular complexity index is 652. The number of likely N-dealkylation sites (tertiary alicyclic amines) is 1. The topological polar surface area (TPSA) is 50.2 Å². The zero-order valence-electron chi connectivity index (χ0n) is 12.5. The molecular weight excluding hydrogens is 344 g/mol. The number of nitrogens with zero attached hydrogens (tertiary/aromatic N) is 3. The van der Waals surface area contributed by atoms with Crippen molar-refractivity contribution in [3.63, 3.8) is 0 Å². The van der Waals surface area contributed by atoms with Crippen LogP contribution in [-0.2, 0) is 0 Å². The molecule has 6 heteroatoms. The lowest BCUT2D eigenvalue weighted by Gasteiger charge is -2.23. The Morgan fingerprint density at radius 1 is 1.41 bits per heavy atom. The second-order valence-corrected chi connectivity index (χ2v) is 6.42. The van der Waals surface area contributed by atoms with E-state index in [-0.39, 0.29) is 11.9 Å². The molecule has 1 aromatic heterocycles. The Morgan fingerprint density at radius 3 is 2.91 bits per heavy atom. The maximum absolute atomic E-state index is 12.7. The van der Waals surface area contributed by atoms with Gasteiger partial charge in [0.25, 0.3) is 5.91 Å². The molecule has 1 amide bonds. The third-order valence-corrected chi connectivity index (χ3v) is 4.53. The lowest BCUT2D eigenvalue weighted by Crippen LogP contribution is -2.40. The van der Waals surface area contributed by atoms with Crippen LogP contribution in [0.15, 0.2) is 41.1 Å². The molecule has 2 heterocycles. The van der Waals surface area contributed by atoms with Gasteiger partial charge >= 0.3 is 0 Å². The molecule has 1 aliphatic heterocycles. The van der Waals surface area contributed by atoms with Gasteiger partial charge in [0.2, 0.25) is 0 Å². The Labute approximate surface area is 138 Å². The van der Waals surface area contributed by atoms with Crippen LogP contribution in [0.2, 0.25) is 0 Å². The lowest BCUT2D eigenvalue weighted by molar-refractivity contribution is 0.0737. The number of nitrogens with one attached hydrogen (secondary N) is 1. The van der Waals surface area contributed by atoms with E-state index in [0.717, 1.165) is 36.1 Å². The fraction of sp³-hybridized carbons (Fsp3) is 0.375. The Hall–Kier alpha value is -1.66. The van der Waals surface area contributed by atoms with Crippen LogP contribution in [0.5, 0.6) is 0 Å². The second kappa shape index (κ2) is 6.62. The van der Waals surface area contributed by atoms with Gasteiger partial charge in [-0.2, -0.15) is 5.10 Å². The summed E-state index contributed by atoms with van der Waals surface area (Å²) in [6.07, 6.45) is 5.59. The van der Waals surface area contributed by atoms with Crippen LogP contribution in [-0.4, -0.2) is 46.8 Å². The highest BCUT2D eigenvalue weighted by atomic mass is 79.9. The summed E-state index contributed by atoms with van der Waals surface area (Å²) in [6, 6.07) is 8.13. The number of amides is 1. The van der Waals surface area contributed by atoms with Gasteiger partial charge in [-0.25, -0.2) is 4.68 Å². The smallest absolute Gasteiger partial charge is 0.257 e. The van der Waals surface area contributed by atoms with E-state index in [9.17, 15) is 4.79 Å². The Balaban J connectivity index is 1.78. The summed E-state index contributed by atoms with van der Waals surface area (Å²) in [5, 5.41) is 7.48. The Kier molecular flexibility index (Phi) is 4.59. The summed E-state index contributed by atoms with van der Waals surface area (Å²) < 4.78 is 2.76. The molecule has 1 unspecified atom stereocenters. The molecule has 0 radical (unpaired) electrons. The normalized spacial score (nSPS) is 17.9. The van der Waals surface area contributed by atoms with Gasteiger partial charge < -0.3 is 10.2 Å². The number of carbonyl (C=O) groups excluding carboxylic acids is 1. The molecule has 1 aliphatic rings. The average Bonchev–Trinajstić information content (AvgIpc) is 3.17. The second-order valence-electron chi connectivity index (χ2n) is 5.50. The van der Waals surface area contributed by atoms with Crippen molar-refractivity contribution in [3.05, 3.63) is 46.7 Å². The maximum Gasteiger partial charge on any atom is 0.257 e. The largest absolute Gasteiger partial charge is 0.334 e. The highest BCUT2D eigenvalue weighted by Crippen LogP contribution is 2.20. The molecule has 3 rings (SSSR count). The molecule has 1 fully saturated rings. The zero-order chi connectivity index (χ0) is 15.5. The van der Waals surface area contributed by atoms with Crippen LogP contribution < -0.4 is 5.32 Å². The van der Waals surface area contributed by atoms with E-state index in [1.165, 1.54) is 0 Å². The van der Waals surface area contributed by atoms with Gasteiger partial charge in [-0.15, -0.1) is 0 Å². The molecule has 0 spiro atoms. The first-order valence-electron chi connectivity index (χ1n) is 7.45. The number of halogens is 1. The van der Waals surface area contributed by atoms with E-state index < -0.39 is 0 Å². The summed E-state index contributed by atoms with van der Waals surface area (Å²) in [5.74, 6) is 0.0705. The van der Waals surface area contributed by atoms with E-state index >= 15 is 0 Å². The van der Waals surface area contributed by atoms with Gasteiger partial charge in [0.05, 0.1) is 17.4 Å². The van der Waals surface area contributed by atoms with Gasteiger partial charge in [0.15, 0.2) is 0 Å². The molecule has 1 atom stereocenters. The summed E-state index contributed by atoms with van der Waals surface area (Å²) in [6.45, 7) is 1.67. The molecule has 0 aliphatic carbocycles. The highest BCUT2D eigenvalue weighted by Gasteiger charge is 2.29. The van der Waals surface area contributed by atoms with Crippen molar-refractivity contribution in [2.24, 2.45) is 0 Å². The van der Waals surface area contributed by atoms with E-state index in [0.29, 0.717) is 5.56 Å². The van der Waals surface area contributed by atoms with Crippen LogP contribution in [0.3, 0.4) is 0 Å². The Morgan fingerprint density at radius 2 is 2.18 bits per heavy atom. The first kappa shape index (κ1) is 15.2. The van der Waals surface area contributed by atoms with Crippen LogP contribution >= 0.6 is 15.9 Å². The summed E-state index contributed by atoms with van der Waals surface area (Å²) in [5.41, 5.74) is 1.58. The third kappa shape index (κ3) is 3.08. The minimum Gasteiger partial charge on any atom is -0.334 e. The fourth-order valence-electron chi connectivity index (χ4n) is 2.89. The molecule has 22 heavy (non-hydrogen) atoms. The molecule has 1 aromatic carbocycles. The number of hydrogen-bond donors (Lipinski definition) is 1. The molecule has 1 saturated heterocycles. The van der Waals surface area contributed by atoms with Crippen molar-refractivity contribution in [3.8, 4) is 5.69 Å². The zero-order valence-corrected chi connectivity index (χ0v) is 14.1. The van der Waals surface area contributed by atoms with Crippen molar-refractivity contribution >= 4 is 21.8 Å².